The number of hydrogen-bond donors (Lipinski definition) is 1. The van der Waals surface area contributed by atoms with Gasteiger partial charge in [-0.1, -0.05) is 5.16 Å². The molecule has 0 saturated carbocycles. The topological polar surface area (TPSA) is 64.7 Å². The van der Waals surface area contributed by atoms with E-state index in [1.807, 2.05) is 0 Å². The van der Waals surface area contributed by atoms with Crippen LogP contribution < -0.4 is 5.73 Å². The molecule has 0 spiro atoms. The lowest BCUT2D eigenvalue weighted by Crippen LogP contribution is -2.12. The number of rotatable bonds is 3. The summed E-state index contributed by atoms with van der Waals surface area (Å²) in [6.07, 6.45) is 0.917. The summed E-state index contributed by atoms with van der Waals surface area (Å²) in [4.78, 5) is 14.6. The minimum absolute atomic E-state index is 0.0133. The lowest BCUT2D eigenvalue weighted by Gasteiger charge is -1.98. The molecule has 0 rings (SSSR count). The van der Waals surface area contributed by atoms with Crippen molar-refractivity contribution in [2.45, 2.75) is 20.0 Å². The van der Waals surface area contributed by atoms with Gasteiger partial charge in [0.25, 0.3) is 5.91 Å². The summed E-state index contributed by atoms with van der Waals surface area (Å²) in [7, 11) is 0. The second kappa shape index (κ2) is 3.88. The number of primary amides is 1. The summed E-state index contributed by atoms with van der Waals surface area (Å²) >= 11 is 0. The van der Waals surface area contributed by atoms with Gasteiger partial charge >= 0.3 is 0 Å². The zero-order valence-corrected chi connectivity index (χ0v) is 5.50. The van der Waals surface area contributed by atoms with Crippen molar-refractivity contribution in [1.82, 2.24) is 0 Å². The highest BCUT2D eigenvalue weighted by Crippen LogP contribution is 1.85. The Morgan fingerprint density at radius 3 is 2.67 bits per heavy atom. The van der Waals surface area contributed by atoms with Crippen molar-refractivity contribution in [3.63, 3.8) is 0 Å². The third-order valence-corrected chi connectivity index (χ3v) is 0.452. The summed E-state index contributed by atoms with van der Waals surface area (Å²) in [5.41, 5.74) is 4.71. The molecule has 0 aliphatic heterocycles. The van der Waals surface area contributed by atoms with E-state index in [1.54, 1.807) is 13.8 Å². The van der Waals surface area contributed by atoms with E-state index in [-0.39, 0.29) is 6.10 Å². The monoisotopic (exact) mass is 130 g/mol. The molecule has 4 heteroatoms. The number of nitrogens with two attached hydrogens (primary N) is 1. The molecule has 0 heterocycles. The molecule has 9 heavy (non-hydrogen) atoms. The third kappa shape index (κ3) is 6.94. The molecule has 0 atom stereocenters. The van der Waals surface area contributed by atoms with E-state index < -0.39 is 5.91 Å². The first-order chi connectivity index (χ1) is 4.13. The summed E-state index contributed by atoms with van der Waals surface area (Å²) in [5, 5.41) is 3.27. The maximum atomic E-state index is 9.97. The van der Waals surface area contributed by atoms with Crippen molar-refractivity contribution < 1.29 is 9.63 Å². The highest BCUT2D eigenvalue weighted by Gasteiger charge is 1.88. The summed E-state index contributed by atoms with van der Waals surface area (Å²) in [6.45, 7) is 3.61. The molecule has 0 aromatic heterocycles. The number of amides is 1. The quantitative estimate of drug-likeness (QED) is 0.427. The number of hydrogen-bond acceptors (Lipinski definition) is 3. The van der Waals surface area contributed by atoms with Crippen molar-refractivity contribution in [2.75, 3.05) is 0 Å². The Labute approximate surface area is 53.7 Å². The predicted octanol–water partition coefficient (Wildman–Crippen LogP) is -0.118. The molecule has 0 bridgehead atoms. The van der Waals surface area contributed by atoms with Crippen LogP contribution in [0.15, 0.2) is 5.16 Å². The van der Waals surface area contributed by atoms with Gasteiger partial charge in [0.2, 0.25) is 0 Å². The maximum absolute atomic E-state index is 9.97. The average Bonchev–Trinajstić information content (AvgIpc) is 1.63. The highest BCUT2D eigenvalue weighted by atomic mass is 16.6. The fourth-order valence-electron chi connectivity index (χ4n) is 0.204. The minimum atomic E-state index is -0.601. The number of oxime groups is 1. The fourth-order valence-corrected chi connectivity index (χ4v) is 0.204. The molecule has 0 aliphatic rings. The largest absolute Gasteiger partial charge is 0.393 e. The molecule has 0 aromatic rings. The Hall–Kier alpha value is -1.06. The summed E-state index contributed by atoms with van der Waals surface area (Å²) in [6, 6.07) is 0. The number of carbonyl (C=O) groups is 1. The van der Waals surface area contributed by atoms with Gasteiger partial charge in [-0.25, -0.2) is 0 Å². The van der Waals surface area contributed by atoms with Gasteiger partial charge < -0.3 is 10.6 Å². The van der Waals surface area contributed by atoms with E-state index in [9.17, 15) is 4.79 Å². The normalized spacial score (nSPS) is 10.6. The molecule has 4 nitrogen and oxygen atoms in total. The molecule has 1 amide bonds. The molecular weight excluding hydrogens is 120 g/mol. The number of nitrogens with zero attached hydrogens (tertiary/aromatic N) is 1. The van der Waals surface area contributed by atoms with Crippen molar-refractivity contribution in [2.24, 2.45) is 10.9 Å². The fraction of sp³-hybridized carbons (Fsp3) is 0.600. The second-order valence-corrected chi connectivity index (χ2v) is 1.79. The van der Waals surface area contributed by atoms with Crippen LogP contribution in [0.25, 0.3) is 0 Å². The SMILES string of the molecule is CC(C)ON=CC(N)=O. The highest BCUT2D eigenvalue weighted by molar-refractivity contribution is 6.25. The Bertz CT molecular complexity index is 120. The van der Waals surface area contributed by atoms with Gasteiger partial charge in [-0.3, -0.25) is 4.79 Å². The van der Waals surface area contributed by atoms with E-state index in [4.69, 9.17) is 5.73 Å². The van der Waals surface area contributed by atoms with Gasteiger partial charge in [-0.2, -0.15) is 0 Å². The van der Waals surface area contributed by atoms with Gasteiger partial charge in [0.1, 0.15) is 12.3 Å². The Morgan fingerprint density at radius 1 is 1.78 bits per heavy atom. The van der Waals surface area contributed by atoms with Crippen LogP contribution >= 0.6 is 0 Å². The van der Waals surface area contributed by atoms with E-state index in [1.165, 1.54) is 0 Å². The van der Waals surface area contributed by atoms with E-state index in [2.05, 4.69) is 9.99 Å². The van der Waals surface area contributed by atoms with Gasteiger partial charge in [-0.05, 0) is 13.8 Å². The van der Waals surface area contributed by atoms with E-state index >= 15 is 0 Å². The molecule has 0 saturated heterocycles. The molecule has 0 radical (unpaired) electrons. The van der Waals surface area contributed by atoms with Crippen LogP contribution in [0.4, 0.5) is 0 Å². The first-order valence-corrected chi connectivity index (χ1v) is 2.61. The van der Waals surface area contributed by atoms with Crippen LogP contribution in [-0.4, -0.2) is 18.2 Å². The minimum Gasteiger partial charge on any atom is -0.393 e. The third-order valence-electron chi connectivity index (χ3n) is 0.452. The predicted molar refractivity (Wildman–Crippen MR) is 33.9 cm³/mol. The van der Waals surface area contributed by atoms with Crippen LogP contribution in [-0.2, 0) is 9.63 Å². The number of carbonyl (C=O) groups excluding carboxylic acids is 1. The molecular formula is C5H10N2O2. The van der Waals surface area contributed by atoms with Crippen LogP contribution in [0.1, 0.15) is 13.8 Å². The van der Waals surface area contributed by atoms with Gasteiger partial charge in [0.15, 0.2) is 0 Å². The van der Waals surface area contributed by atoms with Crippen molar-refractivity contribution in [3.8, 4) is 0 Å². The van der Waals surface area contributed by atoms with Crippen molar-refractivity contribution in [1.29, 1.82) is 0 Å². The van der Waals surface area contributed by atoms with Crippen molar-refractivity contribution in [3.05, 3.63) is 0 Å². The molecule has 0 unspecified atom stereocenters. The van der Waals surface area contributed by atoms with Crippen LogP contribution in [0, 0.1) is 0 Å². The summed E-state index contributed by atoms with van der Waals surface area (Å²) in [5.74, 6) is -0.601. The van der Waals surface area contributed by atoms with Gasteiger partial charge in [0.05, 0.1) is 0 Å². The van der Waals surface area contributed by atoms with E-state index in [0.29, 0.717) is 0 Å². The zero-order valence-electron chi connectivity index (χ0n) is 5.50. The van der Waals surface area contributed by atoms with Gasteiger partial charge in [0, 0.05) is 0 Å². The maximum Gasteiger partial charge on any atom is 0.263 e. The standard InChI is InChI=1S/C5H10N2O2/c1-4(2)9-7-3-5(6)8/h3-4H,1-2H3,(H2,6,8). The Kier molecular flexibility index (Phi) is 3.43. The Balaban J connectivity index is 3.36. The average molecular weight is 130 g/mol. The van der Waals surface area contributed by atoms with Crippen LogP contribution in [0.5, 0.6) is 0 Å². The lowest BCUT2D eigenvalue weighted by molar-refractivity contribution is -0.111. The molecule has 0 aliphatic carbocycles. The first-order valence-electron chi connectivity index (χ1n) is 2.61. The van der Waals surface area contributed by atoms with Crippen LogP contribution in [0.2, 0.25) is 0 Å². The zero-order chi connectivity index (χ0) is 7.28. The molecule has 0 fully saturated rings. The van der Waals surface area contributed by atoms with Crippen LogP contribution in [0.3, 0.4) is 0 Å². The van der Waals surface area contributed by atoms with Gasteiger partial charge in [-0.15, -0.1) is 0 Å². The first kappa shape index (κ1) is 7.94. The molecule has 52 valence electrons. The summed E-state index contributed by atoms with van der Waals surface area (Å²) < 4.78 is 0. The smallest absolute Gasteiger partial charge is 0.263 e. The molecule has 0 aromatic carbocycles. The molecule has 2 N–H and O–H groups in total. The van der Waals surface area contributed by atoms with E-state index in [0.717, 1.165) is 6.21 Å². The Morgan fingerprint density at radius 2 is 2.33 bits per heavy atom. The van der Waals surface area contributed by atoms with Crippen molar-refractivity contribution >= 4 is 12.1 Å². The lowest BCUT2D eigenvalue weighted by atomic mass is 10.5. The second-order valence-electron chi connectivity index (χ2n) is 1.79.